The summed E-state index contributed by atoms with van der Waals surface area (Å²) >= 11 is 5.75. The van der Waals surface area contributed by atoms with Crippen molar-refractivity contribution in [3.8, 4) is 0 Å². The van der Waals surface area contributed by atoms with E-state index >= 15 is 0 Å². The lowest BCUT2D eigenvalue weighted by Crippen LogP contribution is -2.41. The Hall–Kier alpha value is -1.87. The number of halogens is 1. The second-order valence-electron chi connectivity index (χ2n) is 6.08. The summed E-state index contributed by atoms with van der Waals surface area (Å²) in [6, 6.07) is 3.40. The van der Waals surface area contributed by atoms with Crippen molar-refractivity contribution in [1.29, 1.82) is 0 Å². The third-order valence-electron chi connectivity index (χ3n) is 3.96. The Labute approximate surface area is 158 Å². The summed E-state index contributed by atoms with van der Waals surface area (Å²) in [5.74, 6) is 0.621. The van der Waals surface area contributed by atoms with Crippen LogP contribution in [0, 0.1) is 0 Å². The molecule has 26 heavy (non-hydrogen) atoms. The molecule has 0 saturated carbocycles. The third-order valence-corrected chi connectivity index (χ3v) is 5.95. The van der Waals surface area contributed by atoms with Gasteiger partial charge in [0.15, 0.2) is 15.8 Å². The third kappa shape index (κ3) is 7.17. The Morgan fingerprint density at radius 1 is 1.35 bits per heavy atom. The fraction of sp³-hybridized carbons (Fsp3) is 0.562. The normalized spacial score (nSPS) is 19.2. The van der Waals surface area contributed by atoms with Crippen LogP contribution in [-0.4, -0.2) is 63.0 Å². The van der Waals surface area contributed by atoms with Crippen molar-refractivity contribution < 1.29 is 13.2 Å². The van der Waals surface area contributed by atoms with Crippen molar-refractivity contribution in [2.24, 2.45) is 4.99 Å². The van der Waals surface area contributed by atoms with Crippen molar-refractivity contribution in [2.45, 2.75) is 25.3 Å². The number of pyridine rings is 1. The molecule has 0 aliphatic carbocycles. The first-order chi connectivity index (χ1) is 12.4. The zero-order valence-electron chi connectivity index (χ0n) is 14.7. The smallest absolute Gasteiger partial charge is 0.222 e. The van der Waals surface area contributed by atoms with Crippen molar-refractivity contribution in [3.63, 3.8) is 0 Å². The molecule has 2 heterocycles. The fourth-order valence-electron chi connectivity index (χ4n) is 2.60. The summed E-state index contributed by atoms with van der Waals surface area (Å²) in [7, 11) is -1.33. The molecule has 0 aromatic carbocycles. The highest BCUT2D eigenvalue weighted by Gasteiger charge is 2.28. The van der Waals surface area contributed by atoms with E-state index in [-0.39, 0.29) is 29.9 Å². The number of nitrogens with zero attached hydrogens (tertiary/aromatic N) is 2. The molecular formula is C16H24ClN5O3S. The number of aromatic nitrogens is 1. The molecular weight excluding hydrogens is 378 g/mol. The van der Waals surface area contributed by atoms with Gasteiger partial charge in [-0.25, -0.2) is 13.4 Å². The Balaban J connectivity index is 1.62. The van der Waals surface area contributed by atoms with Gasteiger partial charge in [0.2, 0.25) is 5.91 Å². The van der Waals surface area contributed by atoms with Gasteiger partial charge < -0.3 is 16.0 Å². The average molecular weight is 402 g/mol. The minimum absolute atomic E-state index is 0.0367. The first kappa shape index (κ1) is 20.4. The standard InChI is InChI=1S/C16H24ClN5O3S/c1-18-16(19-7-4-12-2-3-14(17)21-10-12)20-8-5-15(23)22-13-6-9-26(24,25)11-13/h2-3,10,13H,4-9,11H2,1H3,(H,22,23)(H2,18,19,20). The first-order valence-electron chi connectivity index (χ1n) is 8.43. The van der Waals surface area contributed by atoms with E-state index in [2.05, 4.69) is 25.9 Å². The lowest BCUT2D eigenvalue weighted by Gasteiger charge is -2.13. The van der Waals surface area contributed by atoms with Crippen LogP contribution in [-0.2, 0) is 21.1 Å². The van der Waals surface area contributed by atoms with E-state index in [1.807, 2.05) is 6.07 Å². The SMILES string of the molecule is CN=C(NCCC(=O)NC1CCS(=O)(=O)C1)NCCc1ccc(Cl)nc1. The second kappa shape index (κ2) is 9.72. The van der Waals surface area contributed by atoms with Gasteiger partial charge in [-0.05, 0) is 24.5 Å². The van der Waals surface area contributed by atoms with Gasteiger partial charge in [-0.15, -0.1) is 0 Å². The highest BCUT2D eigenvalue weighted by atomic mass is 35.5. The number of amides is 1. The lowest BCUT2D eigenvalue weighted by atomic mass is 10.2. The van der Waals surface area contributed by atoms with Crippen LogP contribution in [0.4, 0.5) is 0 Å². The minimum atomic E-state index is -2.99. The van der Waals surface area contributed by atoms with Crippen LogP contribution in [0.3, 0.4) is 0 Å². The van der Waals surface area contributed by atoms with E-state index in [0.29, 0.717) is 30.6 Å². The maximum atomic E-state index is 11.9. The van der Waals surface area contributed by atoms with Gasteiger partial charge in [0, 0.05) is 38.8 Å². The quantitative estimate of drug-likeness (QED) is 0.340. The maximum absolute atomic E-state index is 11.9. The van der Waals surface area contributed by atoms with Gasteiger partial charge in [0.05, 0.1) is 11.5 Å². The summed E-state index contributed by atoms with van der Waals surface area (Å²) in [4.78, 5) is 20.0. The molecule has 0 bridgehead atoms. The average Bonchev–Trinajstić information content (AvgIpc) is 2.93. The summed E-state index contributed by atoms with van der Waals surface area (Å²) < 4.78 is 22.8. The molecule has 2 rings (SSSR count). The van der Waals surface area contributed by atoms with Gasteiger partial charge in [0.25, 0.3) is 0 Å². The van der Waals surface area contributed by atoms with Gasteiger partial charge in [-0.1, -0.05) is 17.7 Å². The summed E-state index contributed by atoms with van der Waals surface area (Å²) in [5.41, 5.74) is 1.06. The number of nitrogens with one attached hydrogen (secondary N) is 3. The summed E-state index contributed by atoms with van der Waals surface area (Å²) in [5, 5.41) is 9.44. The molecule has 10 heteroatoms. The Morgan fingerprint density at radius 3 is 2.73 bits per heavy atom. The number of guanidine groups is 1. The van der Waals surface area contributed by atoms with E-state index in [4.69, 9.17) is 11.6 Å². The molecule has 1 saturated heterocycles. The number of carbonyl (C=O) groups excluding carboxylic acids is 1. The molecule has 1 aliphatic rings. The molecule has 0 radical (unpaired) electrons. The zero-order chi connectivity index (χ0) is 19.0. The topological polar surface area (TPSA) is 113 Å². The number of carbonyl (C=O) groups is 1. The Morgan fingerprint density at radius 2 is 2.12 bits per heavy atom. The molecule has 3 N–H and O–H groups in total. The van der Waals surface area contributed by atoms with Crippen LogP contribution in [0.2, 0.25) is 5.15 Å². The van der Waals surface area contributed by atoms with Crippen molar-refractivity contribution >= 4 is 33.3 Å². The second-order valence-corrected chi connectivity index (χ2v) is 8.70. The largest absolute Gasteiger partial charge is 0.356 e. The van der Waals surface area contributed by atoms with E-state index < -0.39 is 9.84 Å². The predicted octanol–water partition coefficient (Wildman–Crippen LogP) is 0.136. The van der Waals surface area contributed by atoms with Crippen LogP contribution < -0.4 is 16.0 Å². The summed E-state index contributed by atoms with van der Waals surface area (Å²) in [6.45, 7) is 1.07. The van der Waals surface area contributed by atoms with E-state index in [0.717, 1.165) is 12.0 Å². The zero-order valence-corrected chi connectivity index (χ0v) is 16.2. The molecule has 0 spiro atoms. The fourth-order valence-corrected chi connectivity index (χ4v) is 4.39. The number of sulfone groups is 1. The van der Waals surface area contributed by atoms with E-state index in [9.17, 15) is 13.2 Å². The minimum Gasteiger partial charge on any atom is -0.356 e. The molecule has 1 amide bonds. The highest BCUT2D eigenvalue weighted by molar-refractivity contribution is 7.91. The van der Waals surface area contributed by atoms with Crippen LogP contribution in [0.1, 0.15) is 18.4 Å². The van der Waals surface area contributed by atoms with Crippen molar-refractivity contribution in [1.82, 2.24) is 20.9 Å². The van der Waals surface area contributed by atoms with Crippen LogP contribution >= 0.6 is 11.6 Å². The molecule has 144 valence electrons. The van der Waals surface area contributed by atoms with Crippen molar-refractivity contribution in [2.75, 3.05) is 31.6 Å². The van der Waals surface area contributed by atoms with Gasteiger partial charge in [-0.3, -0.25) is 9.79 Å². The maximum Gasteiger partial charge on any atom is 0.222 e. The molecule has 1 aliphatic heterocycles. The molecule has 1 unspecified atom stereocenters. The molecule has 1 aromatic rings. The number of rotatable bonds is 7. The molecule has 1 fully saturated rings. The molecule has 8 nitrogen and oxygen atoms in total. The monoisotopic (exact) mass is 401 g/mol. The molecule has 1 atom stereocenters. The van der Waals surface area contributed by atoms with Crippen molar-refractivity contribution in [3.05, 3.63) is 29.0 Å². The highest BCUT2D eigenvalue weighted by Crippen LogP contribution is 2.11. The molecule has 1 aromatic heterocycles. The van der Waals surface area contributed by atoms with E-state index in [1.165, 1.54) is 0 Å². The van der Waals surface area contributed by atoms with Crippen LogP contribution in [0.25, 0.3) is 0 Å². The Kier molecular flexibility index (Phi) is 7.65. The van der Waals surface area contributed by atoms with Gasteiger partial charge in [0.1, 0.15) is 5.15 Å². The number of aliphatic imine (C=N–C) groups is 1. The predicted molar refractivity (Wildman–Crippen MR) is 102 cm³/mol. The number of hydrogen-bond donors (Lipinski definition) is 3. The summed E-state index contributed by atoms with van der Waals surface area (Å²) in [6.07, 6.45) is 3.23. The van der Waals surface area contributed by atoms with Gasteiger partial charge in [-0.2, -0.15) is 0 Å². The van der Waals surface area contributed by atoms with Crippen LogP contribution in [0.15, 0.2) is 23.3 Å². The Bertz CT molecular complexity index is 737. The van der Waals surface area contributed by atoms with Gasteiger partial charge >= 0.3 is 0 Å². The lowest BCUT2D eigenvalue weighted by molar-refractivity contribution is -0.121. The van der Waals surface area contributed by atoms with E-state index in [1.54, 1.807) is 19.3 Å². The van der Waals surface area contributed by atoms with Crippen LogP contribution in [0.5, 0.6) is 0 Å². The number of hydrogen-bond acceptors (Lipinski definition) is 5. The first-order valence-corrected chi connectivity index (χ1v) is 10.6.